The van der Waals surface area contributed by atoms with E-state index in [1.54, 1.807) is 21.1 Å². The highest BCUT2D eigenvalue weighted by atomic mass is 32.1. The van der Waals surface area contributed by atoms with Crippen molar-refractivity contribution in [2.45, 2.75) is 58.3 Å². The van der Waals surface area contributed by atoms with Crippen LogP contribution in [0.3, 0.4) is 0 Å². The van der Waals surface area contributed by atoms with Crippen LogP contribution in [-0.2, 0) is 29.2 Å². The molecule has 0 amide bonds. The van der Waals surface area contributed by atoms with Crippen molar-refractivity contribution in [3.05, 3.63) is 89.7 Å². The van der Waals surface area contributed by atoms with Crippen LogP contribution in [0, 0.1) is 11.7 Å². The number of benzene rings is 4. The molecule has 0 bridgehead atoms. The number of carbonyl (C=O) groups excluding carboxylic acids is 1. The summed E-state index contributed by atoms with van der Waals surface area (Å²) in [5.41, 5.74) is 4.58. The number of hydrogen-bond donors (Lipinski definition) is 0. The van der Waals surface area contributed by atoms with Crippen molar-refractivity contribution in [2.75, 3.05) is 32.3 Å². The standard InChI is InChI=1S/C41H41FN4O6S/c1-4-50-40(47)38(27-11-12-27)52-31-21-33-37-34(22-31)51-18-6-5-17-46(37)39(43-33)28-19-32(42)36-35(20-28)53-41(44-36)45(23-25-7-13-29(48-2)14-8-25)24-26-9-15-30(49-3)16-10-26/h7-10,13-16,19-22,27,38H,4-6,11-12,17-18,23-24H2,1-3H3. The maximum atomic E-state index is 16.2. The van der Waals surface area contributed by atoms with Gasteiger partial charge in [0.25, 0.3) is 0 Å². The van der Waals surface area contributed by atoms with Crippen LogP contribution in [0.5, 0.6) is 23.0 Å². The van der Waals surface area contributed by atoms with Gasteiger partial charge in [-0.2, -0.15) is 0 Å². The van der Waals surface area contributed by atoms with Crippen molar-refractivity contribution >= 4 is 43.7 Å². The van der Waals surface area contributed by atoms with E-state index in [4.69, 9.17) is 33.7 Å². The molecule has 3 heterocycles. The zero-order valence-electron chi connectivity index (χ0n) is 30.0. The van der Waals surface area contributed by atoms with Crippen molar-refractivity contribution in [3.63, 3.8) is 0 Å². The molecule has 0 N–H and O–H groups in total. The second-order valence-corrected chi connectivity index (χ2v) is 14.4. The van der Waals surface area contributed by atoms with Crippen LogP contribution >= 0.6 is 11.3 Å². The molecular formula is C41H41FN4O6S. The van der Waals surface area contributed by atoms with Gasteiger partial charge in [0.2, 0.25) is 0 Å². The number of nitrogens with zero attached hydrogens (tertiary/aromatic N) is 4. The molecule has 12 heteroatoms. The fraction of sp³-hybridized carbons (Fsp3) is 0.341. The second kappa shape index (κ2) is 14.9. The Morgan fingerprint density at radius 2 is 1.64 bits per heavy atom. The Kier molecular flexibility index (Phi) is 9.78. The van der Waals surface area contributed by atoms with Gasteiger partial charge in [0.15, 0.2) is 17.1 Å². The normalized spacial score (nSPS) is 14.6. The molecule has 1 saturated carbocycles. The number of anilines is 1. The molecule has 1 aliphatic heterocycles. The summed E-state index contributed by atoms with van der Waals surface area (Å²) in [5, 5.41) is 0.704. The lowest BCUT2D eigenvalue weighted by Crippen LogP contribution is -2.31. The molecular weight excluding hydrogens is 696 g/mol. The number of carbonyl (C=O) groups is 1. The maximum absolute atomic E-state index is 16.2. The van der Waals surface area contributed by atoms with Crippen molar-refractivity contribution in [1.29, 1.82) is 0 Å². The highest BCUT2D eigenvalue weighted by molar-refractivity contribution is 7.22. The summed E-state index contributed by atoms with van der Waals surface area (Å²) in [6, 6.07) is 23.1. The molecule has 6 aromatic rings. The number of esters is 1. The molecule has 2 aliphatic rings. The van der Waals surface area contributed by atoms with Crippen LogP contribution in [0.4, 0.5) is 9.52 Å². The fourth-order valence-electron chi connectivity index (χ4n) is 6.82. The largest absolute Gasteiger partial charge is 0.497 e. The first-order valence-corrected chi connectivity index (χ1v) is 18.8. The SMILES string of the molecule is CCOC(=O)C(Oc1cc2c3c(c1)nc(-c1cc(F)c4nc(N(Cc5ccc(OC)cc5)Cc5ccc(OC)cc5)sc4c1)n3CCCCO2)C1CC1. The second-order valence-electron chi connectivity index (χ2n) is 13.4. The van der Waals surface area contributed by atoms with Gasteiger partial charge in [-0.25, -0.2) is 19.2 Å². The van der Waals surface area contributed by atoms with E-state index in [0.29, 0.717) is 65.3 Å². The number of aromatic nitrogens is 3. The molecule has 274 valence electrons. The fourth-order valence-corrected chi connectivity index (χ4v) is 7.84. The van der Waals surface area contributed by atoms with Gasteiger partial charge in [-0.15, -0.1) is 0 Å². The molecule has 10 nitrogen and oxygen atoms in total. The average molecular weight is 737 g/mol. The Bertz CT molecular complexity index is 2200. The Hall–Kier alpha value is -5.36. The van der Waals surface area contributed by atoms with Crippen LogP contribution in [0.1, 0.15) is 43.7 Å². The molecule has 0 radical (unpaired) electrons. The Labute approximate surface area is 311 Å². The minimum atomic E-state index is -0.680. The predicted molar refractivity (Wildman–Crippen MR) is 203 cm³/mol. The van der Waals surface area contributed by atoms with Gasteiger partial charge in [-0.1, -0.05) is 35.6 Å². The molecule has 8 rings (SSSR count). The predicted octanol–water partition coefficient (Wildman–Crippen LogP) is 8.57. The van der Waals surface area contributed by atoms with Crippen molar-refractivity contribution < 1.29 is 32.9 Å². The first-order chi connectivity index (χ1) is 25.9. The zero-order chi connectivity index (χ0) is 36.5. The van der Waals surface area contributed by atoms with E-state index in [0.717, 1.165) is 58.5 Å². The van der Waals surface area contributed by atoms with Gasteiger partial charge < -0.3 is 33.2 Å². The number of methoxy groups -OCH3 is 2. The summed E-state index contributed by atoms with van der Waals surface area (Å²) >= 11 is 1.45. The van der Waals surface area contributed by atoms with Crippen LogP contribution in [0.2, 0.25) is 0 Å². The summed E-state index contributed by atoms with van der Waals surface area (Å²) in [6.07, 6.45) is 2.88. The van der Waals surface area contributed by atoms with E-state index in [-0.39, 0.29) is 18.5 Å². The third-order valence-electron chi connectivity index (χ3n) is 9.68. The van der Waals surface area contributed by atoms with Gasteiger partial charge in [-0.3, -0.25) is 0 Å². The van der Waals surface area contributed by atoms with E-state index in [9.17, 15) is 4.79 Å². The number of thiazole rings is 1. The summed E-state index contributed by atoms with van der Waals surface area (Å²) in [7, 11) is 3.30. The van der Waals surface area contributed by atoms with Gasteiger partial charge in [0, 0.05) is 43.2 Å². The number of hydrogen-bond acceptors (Lipinski definition) is 10. The smallest absolute Gasteiger partial charge is 0.347 e. The van der Waals surface area contributed by atoms with Crippen LogP contribution in [0.15, 0.2) is 72.8 Å². The highest BCUT2D eigenvalue weighted by Gasteiger charge is 2.39. The molecule has 2 aromatic heterocycles. The lowest BCUT2D eigenvalue weighted by Gasteiger charge is -2.22. The average Bonchev–Trinajstić information content (AvgIpc) is 3.80. The van der Waals surface area contributed by atoms with E-state index >= 15 is 4.39 Å². The van der Waals surface area contributed by atoms with E-state index in [1.807, 2.05) is 66.7 Å². The molecule has 1 fully saturated rings. The minimum absolute atomic E-state index is 0.128. The van der Waals surface area contributed by atoms with Gasteiger partial charge >= 0.3 is 5.97 Å². The van der Waals surface area contributed by atoms with Crippen LogP contribution in [-0.4, -0.2) is 54.0 Å². The zero-order valence-corrected chi connectivity index (χ0v) is 30.8. The van der Waals surface area contributed by atoms with E-state index < -0.39 is 11.9 Å². The van der Waals surface area contributed by atoms with Gasteiger partial charge in [0.1, 0.15) is 39.9 Å². The molecule has 53 heavy (non-hydrogen) atoms. The molecule has 4 aromatic carbocycles. The van der Waals surface area contributed by atoms with Crippen molar-refractivity contribution in [2.24, 2.45) is 5.92 Å². The third-order valence-corrected chi connectivity index (χ3v) is 10.7. The summed E-state index contributed by atoms with van der Waals surface area (Å²) in [6.45, 7) is 4.45. The van der Waals surface area contributed by atoms with Crippen LogP contribution < -0.4 is 23.8 Å². The third kappa shape index (κ3) is 7.33. The molecule has 1 atom stereocenters. The maximum Gasteiger partial charge on any atom is 0.347 e. The summed E-state index contributed by atoms with van der Waals surface area (Å²) < 4.78 is 47.6. The quantitative estimate of drug-likeness (QED) is 0.108. The van der Waals surface area contributed by atoms with Crippen molar-refractivity contribution in [3.8, 4) is 34.4 Å². The monoisotopic (exact) mass is 736 g/mol. The molecule has 0 saturated heterocycles. The van der Waals surface area contributed by atoms with Crippen LogP contribution in [0.25, 0.3) is 32.6 Å². The van der Waals surface area contributed by atoms with Crippen molar-refractivity contribution in [1.82, 2.24) is 14.5 Å². The number of rotatable bonds is 13. The minimum Gasteiger partial charge on any atom is -0.497 e. The molecule has 1 aliphatic carbocycles. The number of aryl methyl sites for hydroxylation is 1. The Balaban J connectivity index is 1.16. The number of fused-ring (bicyclic) bond motifs is 1. The lowest BCUT2D eigenvalue weighted by molar-refractivity contribution is -0.152. The number of halogens is 1. The van der Waals surface area contributed by atoms with E-state index in [2.05, 4.69) is 9.47 Å². The topological polar surface area (TPSA) is 97.2 Å². The molecule has 1 unspecified atom stereocenters. The van der Waals surface area contributed by atoms with Gasteiger partial charge in [-0.05, 0) is 80.1 Å². The highest BCUT2D eigenvalue weighted by Crippen LogP contribution is 2.41. The van der Waals surface area contributed by atoms with E-state index in [1.165, 1.54) is 17.4 Å². The number of ether oxygens (including phenoxy) is 5. The number of imidazole rings is 1. The molecule has 0 spiro atoms. The van der Waals surface area contributed by atoms with Gasteiger partial charge in [0.05, 0.1) is 37.6 Å². The summed E-state index contributed by atoms with van der Waals surface area (Å²) in [4.78, 5) is 24.8. The Morgan fingerprint density at radius 1 is 0.943 bits per heavy atom. The summed E-state index contributed by atoms with van der Waals surface area (Å²) in [5.74, 6) is 2.68. The lowest BCUT2D eigenvalue weighted by atomic mass is 10.1. The first-order valence-electron chi connectivity index (χ1n) is 18.0. The Morgan fingerprint density at radius 3 is 2.28 bits per heavy atom. The first kappa shape index (κ1) is 34.7.